The molecular formula is C13H15N3O2. The van der Waals surface area contributed by atoms with Gasteiger partial charge in [0.1, 0.15) is 0 Å². The molecule has 1 aromatic carbocycles. The summed E-state index contributed by atoms with van der Waals surface area (Å²) < 4.78 is 12.6. The number of benzene rings is 1. The van der Waals surface area contributed by atoms with Crippen molar-refractivity contribution in [2.75, 3.05) is 6.79 Å². The van der Waals surface area contributed by atoms with Crippen molar-refractivity contribution in [3.8, 4) is 22.6 Å². The largest absolute Gasteiger partial charge is 0.454 e. The number of nitrogens with zero attached hydrogens (tertiary/aromatic N) is 2. The lowest BCUT2D eigenvalue weighted by Crippen LogP contribution is -1.99. The van der Waals surface area contributed by atoms with Crippen molar-refractivity contribution in [2.45, 2.75) is 13.5 Å². The molecule has 0 radical (unpaired) electrons. The van der Waals surface area contributed by atoms with Gasteiger partial charge in [0.15, 0.2) is 11.5 Å². The molecule has 0 unspecified atom stereocenters. The average molecular weight is 245 g/mol. The van der Waals surface area contributed by atoms with Crippen molar-refractivity contribution in [3.63, 3.8) is 0 Å². The van der Waals surface area contributed by atoms with Gasteiger partial charge in [-0.2, -0.15) is 5.10 Å². The number of aryl methyl sites for hydroxylation is 1. The summed E-state index contributed by atoms with van der Waals surface area (Å²) in [4.78, 5) is 0. The Morgan fingerprint density at radius 1 is 1.33 bits per heavy atom. The van der Waals surface area contributed by atoms with Gasteiger partial charge in [0.25, 0.3) is 0 Å². The molecule has 3 rings (SSSR count). The fraction of sp³-hybridized carbons (Fsp3) is 0.308. The smallest absolute Gasteiger partial charge is 0.231 e. The van der Waals surface area contributed by atoms with E-state index in [1.807, 2.05) is 36.9 Å². The van der Waals surface area contributed by atoms with Crippen molar-refractivity contribution in [1.29, 1.82) is 0 Å². The quantitative estimate of drug-likeness (QED) is 0.872. The third kappa shape index (κ3) is 1.55. The van der Waals surface area contributed by atoms with Gasteiger partial charge in [0, 0.05) is 24.8 Å². The highest BCUT2D eigenvalue weighted by molar-refractivity contribution is 5.71. The summed E-state index contributed by atoms with van der Waals surface area (Å²) in [6, 6.07) is 5.91. The van der Waals surface area contributed by atoms with Crippen LogP contribution in [-0.2, 0) is 13.6 Å². The van der Waals surface area contributed by atoms with E-state index in [1.54, 1.807) is 0 Å². The summed E-state index contributed by atoms with van der Waals surface area (Å²) in [6.45, 7) is 2.74. The Hall–Kier alpha value is -2.01. The van der Waals surface area contributed by atoms with Crippen LogP contribution >= 0.6 is 0 Å². The second-order valence-corrected chi connectivity index (χ2v) is 4.30. The predicted octanol–water partition coefficient (Wildman–Crippen LogP) is 1.58. The molecule has 1 aliphatic rings. The van der Waals surface area contributed by atoms with Crippen molar-refractivity contribution in [3.05, 3.63) is 29.6 Å². The molecule has 0 fully saturated rings. The maximum atomic E-state index is 5.75. The molecule has 0 atom stereocenters. The molecule has 0 aliphatic carbocycles. The molecule has 2 N–H and O–H groups in total. The summed E-state index contributed by atoms with van der Waals surface area (Å²) in [5.41, 5.74) is 9.88. The van der Waals surface area contributed by atoms with Crippen LogP contribution in [0, 0.1) is 6.92 Å². The first-order chi connectivity index (χ1) is 8.70. The van der Waals surface area contributed by atoms with Gasteiger partial charge in [-0.25, -0.2) is 0 Å². The Labute approximate surface area is 105 Å². The first kappa shape index (κ1) is 11.1. The van der Waals surface area contributed by atoms with Crippen LogP contribution in [0.4, 0.5) is 0 Å². The molecule has 1 aromatic heterocycles. The first-order valence-electron chi connectivity index (χ1n) is 5.83. The molecule has 0 saturated heterocycles. The van der Waals surface area contributed by atoms with Gasteiger partial charge in [-0.1, -0.05) is 6.07 Å². The molecule has 1 aliphatic heterocycles. The van der Waals surface area contributed by atoms with Crippen LogP contribution in [0.5, 0.6) is 11.5 Å². The molecule has 0 amide bonds. The molecule has 5 nitrogen and oxygen atoms in total. The predicted molar refractivity (Wildman–Crippen MR) is 67.4 cm³/mol. The molecule has 2 heterocycles. The van der Waals surface area contributed by atoms with Crippen LogP contribution in [0.2, 0.25) is 0 Å². The summed E-state index contributed by atoms with van der Waals surface area (Å²) in [5.74, 6) is 1.56. The van der Waals surface area contributed by atoms with E-state index in [0.717, 1.165) is 34.0 Å². The van der Waals surface area contributed by atoms with E-state index in [0.29, 0.717) is 6.54 Å². The second-order valence-electron chi connectivity index (χ2n) is 4.30. The standard InChI is InChI=1S/C13H15N3O2/c1-8-13(10(6-14)15-16(8)2)9-3-4-11-12(5-9)18-7-17-11/h3-5H,6-7,14H2,1-2H3. The molecule has 94 valence electrons. The van der Waals surface area contributed by atoms with Crippen LogP contribution in [-0.4, -0.2) is 16.6 Å². The fourth-order valence-corrected chi connectivity index (χ4v) is 2.25. The van der Waals surface area contributed by atoms with E-state index in [1.165, 1.54) is 0 Å². The Bertz CT molecular complexity index is 605. The van der Waals surface area contributed by atoms with Crippen LogP contribution in [0.15, 0.2) is 18.2 Å². The molecule has 0 bridgehead atoms. The number of hydrogen-bond donors (Lipinski definition) is 1. The van der Waals surface area contributed by atoms with Crippen LogP contribution < -0.4 is 15.2 Å². The number of rotatable bonds is 2. The van der Waals surface area contributed by atoms with Gasteiger partial charge in [-0.15, -0.1) is 0 Å². The molecular weight excluding hydrogens is 230 g/mol. The first-order valence-corrected chi connectivity index (χ1v) is 5.83. The van der Waals surface area contributed by atoms with Crippen molar-refractivity contribution < 1.29 is 9.47 Å². The lowest BCUT2D eigenvalue weighted by molar-refractivity contribution is 0.174. The molecule has 2 aromatic rings. The Morgan fingerprint density at radius 3 is 2.89 bits per heavy atom. The molecule has 5 heteroatoms. The average Bonchev–Trinajstić information content (AvgIpc) is 2.94. The minimum Gasteiger partial charge on any atom is -0.454 e. The minimum absolute atomic E-state index is 0.286. The van der Waals surface area contributed by atoms with Gasteiger partial charge in [-0.05, 0) is 24.6 Å². The summed E-state index contributed by atoms with van der Waals surface area (Å²) in [7, 11) is 1.92. The van der Waals surface area contributed by atoms with Gasteiger partial charge in [0.2, 0.25) is 6.79 Å². The zero-order valence-electron chi connectivity index (χ0n) is 10.4. The maximum Gasteiger partial charge on any atom is 0.231 e. The Kier molecular flexibility index (Phi) is 2.48. The number of fused-ring (bicyclic) bond motifs is 1. The summed E-state index contributed by atoms with van der Waals surface area (Å²) in [5, 5.41) is 4.42. The topological polar surface area (TPSA) is 62.3 Å². The van der Waals surface area contributed by atoms with E-state index in [2.05, 4.69) is 5.10 Å². The Morgan fingerprint density at radius 2 is 2.11 bits per heavy atom. The van der Waals surface area contributed by atoms with E-state index in [4.69, 9.17) is 15.2 Å². The number of aromatic nitrogens is 2. The SMILES string of the molecule is Cc1c(-c2ccc3c(c2)OCO3)c(CN)nn1C. The number of hydrogen-bond acceptors (Lipinski definition) is 4. The van der Waals surface area contributed by atoms with Crippen molar-refractivity contribution in [1.82, 2.24) is 9.78 Å². The highest BCUT2D eigenvalue weighted by atomic mass is 16.7. The number of ether oxygens (including phenoxy) is 2. The van der Waals surface area contributed by atoms with Crippen LogP contribution in [0.25, 0.3) is 11.1 Å². The van der Waals surface area contributed by atoms with Gasteiger partial charge >= 0.3 is 0 Å². The van der Waals surface area contributed by atoms with Gasteiger partial charge < -0.3 is 15.2 Å². The van der Waals surface area contributed by atoms with Gasteiger partial charge in [0.05, 0.1) is 5.69 Å². The summed E-state index contributed by atoms with van der Waals surface area (Å²) in [6.07, 6.45) is 0. The van der Waals surface area contributed by atoms with Crippen molar-refractivity contribution >= 4 is 0 Å². The van der Waals surface area contributed by atoms with E-state index in [9.17, 15) is 0 Å². The van der Waals surface area contributed by atoms with Crippen LogP contribution in [0.1, 0.15) is 11.4 Å². The molecule has 0 spiro atoms. The number of nitrogens with two attached hydrogens (primary N) is 1. The zero-order chi connectivity index (χ0) is 12.7. The third-order valence-corrected chi connectivity index (χ3v) is 3.26. The van der Waals surface area contributed by atoms with Crippen LogP contribution in [0.3, 0.4) is 0 Å². The van der Waals surface area contributed by atoms with E-state index >= 15 is 0 Å². The second kappa shape index (κ2) is 4.03. The highest BCUT2D eigenvalue weighted by Crippen LogP contribution is 2.37. The van der Waals surface area contributed by atoms with E-state index in [-0.39, 0.29) is 6.79 Å². The monoisotopic (exact) mass is 245 g/mol. The normalized spacial score (nSPS) is 13.1. The lowest BCUT2D eigenvalue weighted by atomic mass is 10.0. The lowest BCUT2D eigenvalue weighted by Gasteiger charge is -2.04. The zero-order valence-corrected chi connectivity index (χ0v) is 10.4. The van der Waals surface area contributed by atoms with Crippen molar-refractivity contribution in [2.24, 2.45) is 12.8 Å². The fourth-order valence-electron chi connectivity index (χ4n) is 2.25. The minimum atomic E-state index is 0.286. The van der Waals surface area contributed by atoms with E-state index < -0.39 is 0 Å². The van der Waals surface area contributed by atoms with Gasteiger partial charge in [-0.3, -0.25) is 4.68 Å². The Balaban J connectivity index is 2.15. The molecule has 18 heavy (non-hydrogen) atoms. The molecule has 0 saturated carbocycles. The third-order valence-electron chi connectivity index (χ3n) is 3.26. The highest BCUT2D eigenvalue weighted by Gasteiger charge is 2.18. The maximum absolute atomic E-state index is 5.75. The summed E-state index contributed by atoms with van der Waals surface area (Å²) >= 11 is 0.